The van der Waals surface area contributed by atoms with Crippen LogP contribution in [-0.2, 0) is 4.74 Å². The first-order valence-corrected chi connectivity index (χ1v) is 4.46. The normalized spacial score (nSPS) is 9.85. The molecule has 1 aromatic rings. The van der Waals surface area contributed by atoms with Crippen molar-refractivity contribution in [3.05, 3.63) is 28.3 Å². The molecular formula is C9H9ClO2S. The lowest BCUT2D eigenvalue weighted by Gasteiger charge is -2.05. The first-order chi connectivity index (χ1) is 6.06. The number of thiol groups is 1. The Kier molecular flexibility index (Phi) is 3.22. The zero-order valence-corrected chi connectivity index (χ0v) is 8.95. The van der Waals surface area contributed by atoms with Crippen molar-refractivity contribution in [3.63, 3.8) is 0 Å². The first kappa shape index (κ1) is 10.4. The minimum atomic E-state index is -0.429. The van der Waals surface area contributed by atoms with Gasteiger partial charge in [0.25, 0.3) is 0 Å². The number of esters is 1. The van der Waals surface area contributed by atoms with Gasteiger partial charge in [0.05, 0.1) is 17.7 Å². The Morgan fingerprint density at radius 3 is 2.69 bits per heavy atom. The number of hydrogen-bond donors (Lipinski definition) is 1. The lowest BCUT2D eigenvalue weighted by Crippen LogP contribution is -2.02. The van der Waals surface area contributed by atoms with E-state index in [0.717, 1.165) is 10.5 Å². The summed E-state index contributed by atoms with van der Waals surface area (Å²) in [6.45, 7) is 1.85. The Hall–Kier alpha value is -0.670. The van der Waals surface area contributed by atoms with E-state index in [1.807, 2.05) is 6.92 Å². The molecule has 0 N–H and O–H groups in total. The molecule has 0 unspecified atom stereocenters. The van der Waals surface area contributed by atoms with Crippen LogP contribution in [0.4, 0.5) is 0 Å². The number of carbonyl (C=O) groups excluding carboxylic acids is 1. The Labute approximate surface area is 87.3 Å². The zero-order valence-electron chi connectivity index (χ0n) is 7.30. The van der Waals surface area contributed by atoms with Gasteiger partial charge in [0.2, 0.25) is 0 Å². The third-order valence-corrected chi connectivity index (χ3v) is 2.49. The van der Waals surface area contributed by atoms with Gasteiger partial charge in [-0.25, -0.2) is 4.79 Å². The van der Waals surface area contributed by atoms with Crippen molar-refractivity contribution in [2.75, 3.05) is 7.11 Å². The molecule has 1 aromatic carbocycles. The van der Waals surface area contributed by atoms with E-state index in [0.29, 0.717) is 10.6 Å². The molecule has 0 fully saturated rings. The van der Waals surface area contributed by atoms with E-state index in [2.05, 4.69) is 17.4 Å². The van der Waals surface area contributed by atoms with Crippen molar-refractivity contribution in [3.8, 4) is 0 Å². The standard InChI is InChI=1S/C9H9ClO2S/c1-5-3-6(9(11)12-2)7(10)4-8(5)13/h3-4,13H,1-2H3. The molecule has 0 radical (unpaired) electrons. The Balaban J connectivity index is 3.23. The molecule has 0 heterocycles. The van der Waals surface area contributed by atoms with Gasteiger partial charge in [0, 0.05) is 4.90 Å². The fourth-order valence-corrected chi connectivity index (χ4v) is 1.45. The number of aryl methyl sites for hydroxylation is 1. The van der Waals surface area contributed by atoms with Crippen LogP contribution in [0.5, 0.6) is 0 Å². The fourth-order valence-electron chi connectivity index (χ4n) is 0.937. The highest BCUT2D eigenvalue weighted by atomic mass is 35.5. The summed E-state index contributed by atoms with van der Waals surface area (Å²) in [7, 11) is 1.32. The predicted molar refractivity (Wildman–Crippen MR) is 54.8 cm³/mol. The Morgan fingerprint density at radius 1 is 1.54 bits per heavy atom. The topological polar surface area (TPSA) is 26.3 Å². The van der Waals surface area contributed by atoms with Crippen molar-refractivity contribution >= 4 is 30.2 Å². The van der Waals surface area contributed by atoms with E-state index in [1.54, 1.807) is 12.1 Å². The maximum Gasteiger partial charge on any atom is 0.339 e. The summed E-state index contributed by atoms with van der Waals surface area (Å²) in [4.78, 5) is 11.9. The SMILES string of the molecule is COC(=O)c1cc(C)c(S)cc1Cl. The van der Waals surface area contributed by atoms with Crippen LogP contribution < -0.4 is 0 Å². The third kappa shape index (κ3) is 2.17. The average molecular weight is 217 g/mol. The number of benzene rings is 1. The molecule has 0 spiro atoms. The molecule has 0 saturated heterocycles. The molecule has 4 heteroatoms. The van der Waals surface area contributed by atoms with Crippen LogP contribution in [0.2, 0.25) is 5.02 Å². The second-order valence-electron chi connectivity index (χ2n) is 2.61. The molecule has 0 aliphatic carbocycles. The number of hydrogen-bond acceptors (Lipinski definition) is 3. The molecule has 2 nitrogen and oxygen atoms in total. The van der Waals surface area contributed by atoms with E-state index in [1.165, 1.54) is 7.11 Å². The minimum Gasteiger partial charge on any atom is -0.465 e. The van der Waals surface area contributed by atoms with Crippen LogP contribution in [-0.4, -0.2) is 13.1 Å². The zero-order chi connectivity index (χ0) is 10.0. The second kappa shape index (κ2) is 4.03. The quantitative estimate of drug-likeness (QED) is 0.577. The highest BCUT2D eigenvalue weighted by molar-refractivity contribution is 7.80. The maximum absolute atomic E-state index is 11.2. The third-order valence-electron chi connectivity index (χ3n) is 1.69. The van der Waals surface area contributed by atoms with Gasteiger partial charge in [-0.1, -0.05) is 11.6 Å². The smallest absolute Gasteiger partial charge is 0.339 e. The molecule has 0 aromatic heterocycles. The maximum atomic E-state index is 11.2. The van der Waals surface area contributed by atoms with E-state index >= 15 is 0 Å². The van der Waals surface area contributed by atoms with E-state index < -0.39 is 5.97 Å². The van der Waals surface area contributed by atoms with Gasteiger partial charge in [0.15, 0.2) is 0 Å². The summed E-state index contributed by atoms with van der Waals surface area (Å²) in [5.41, 5.74) is 1.27. The van der Waals surface area contributed by atoms with E-state index in [4.69, 9.17) is 11.6 Å². The van der Waals surface area contributed by atoms with Gasteiger partial charge in [0.1, 0.15) is 0 Å². The molecule has 1 rings (SSSR count). The largest absolute Gasteiger partial charge is 0.465 e. The van der Waals surface area contributed by atoms with Gasteiger partial charge >= 0.3 is 5.97 Å². The highest BCUT2D eigenvalue weighted by Gasteiger charge is 2.11. The molecule has 0 aliphatic rings. The highest BCUT2D eigenvalue weighted by Crippen LogP contribution is 2.24. The molecule has 0 aliphatic heterocycles. The van der Waals surface area contributed by atoms with Gasteiger partial charge in [-0.05, 0) is 24.6 Å². The summed E-state index contributed by atoms with van der Waals surface area (Å²) < 4.78 is 4.56. The van der Waals surface area contributed by atoms with Gasteiger partial charge in [-0.2, -0.15) is 0 Å². The van der Waals surface area contributed by atoms with E-state index in [-0.39, 0.29) is 0 Å². The van der Waals surface area contributed by atoms with Crippen LogP contribution in [0.1, 0.15) is 15.9 Å². The first-order valence-electron chi connectivity index (χ1n) is 3.63. The summed E-state index contributed by atoms with van der Waals surface area (Å²) in [6, 6.07) is 3.29. The summed E-state index contributed by atoms with van der Waals surface area (Å²) in [5.74, 6) is -0.429. The van der Waals surface area contributed by atoms with Crippen molar-refractivity contribution < 1.29 is 9.53 Å². The monoisotopic (exact) mass is 216 g/mol. The van der Waals surface area contributed by atoms with Crippen LogP contribution in [0.25, 0.3) is 0 Å². The van der Waals surface area contributed by atoms with Gasteiger partial charge in [-0.15, -0.1) is 12.6 Å². The van der Waals surface area contributed by atoms with Crippen molar-refractivity contribution in [1.82, 2.24) is 0 Å². The second-order valence-corrected chi connectivity index (χ2v) is 3.50. The van der Waals surface area contributed by atoms with Crippen LogP contribution in [0, 0.1) is 6.92 Å². The molecule has 13 heavy (non-hydrogen) atoms. The predicted octanol–water partition coefficient (Wildman–Crippen LogP) is 2.72. The molecule has 0 atom stereocenters. The van der Waals surface area contributed by atoms with E-state index in [9.17, 15) is 4.79 Å². The Morgan fingerprint density at radius 2 is 2.15 bits per heavy atom. The van der Waals surface area contributed by atoms with Gasteiger partial charge < -0.3 is 4.74 Å². The van der Waals surface area contributed by atoms with Crippen LogP contribution in [0.15, 0.2) is 17.0 Å². The number of carbonyl (C=O) groups is 1. The van der Waals surface area contributed by atoms with Crippen LogP contribution in [0.3, 0.4) is 0 Å². The van der Waals surface area contributed by atoms with Crippen molar-refractivity contribution in [2.24, 2.45) is 0 Å². The number of ether oxygens (including phenoxy) is 1. The summed E-state index contributed by atoms with van der Waals surface area (Å²) in [5, 5.41) is 0.363. The Bertz CT molecular complexity index is 350. The summed E-state index contributed by atoms with van der Waals surface area (Å²) in [6.07, 6.45) is 0. The average Bonchev–Trinajstić information content (AvgIpc) is 2.10. The lowest BCUT2D eigenvalue weighted by atomic mass is 10.1. The molecule has 0 saturated carbocycles. The molecule has 0 amide bonds. The van der Waals surface area contributed by atoms with Crippen molar-refractivity contribution in [1.29, 1.82) is 0 Å². The van der Waals surface area contributed by atoms with Gasteiger partial charge in [-0.3, -0.25) is 0 Å². The number of methoxy groups -OCH3 is 1. The molecular weight excluding hydrogens is 208 g/mol. The number of halogens is 1. The fraction of sp³-hybridized carbons (Fsp3) is 0.222. The lowest BCUT2D eigenvalue weighted by molar-refractivity contribution is 0.0601. The minimum absolute atomic E-state index is 0.363. The summed E-state index contributed by atoms with van der Waals surface area (Å²) >= 11 is 10.0. The molecule has 70 valence electrons. The molecule has 0 bridgehead atoms. The number of rotatable bonds is 1. The van der Waals surface area contributed by atoms with Crippen LogP contribution >= 0.6 is 24.2 Å². The van der Waals surface area contributed by atoms with Crippen molar-refractivity contribution in [2.45, 2.75) is 11.8 Å².